The molecule has 9 heteroatoms. The van der Waals surface area contributed by atoms with Gasteiger partial charge in [0.05, 0.1) is 11.5 Å². The summed E-state index contributed by atoms with van der Waals surface area (Å²) in [6, 6.07) is 6.08. The Labute approximate surface area is 198 Å². The van der Waals surface area contributed by atoms with Crippen LogP contribution in [0.1, 0.15) is 44.2 Å². The van der Waals surface area contributed by atoms with Crippen LogP contribution in [0.4, 0.5) is 5.69 Å². The first-order chi connectivity index (χ1) is 16.2. The Balaban J connectivity index is 1.81. The third-order valence-corrected chi connectivity index (χ3v) is 6.90. The normalized spacial score (nSPS) is 28.1. The number of carbonyl (C=O) groups excluding carboxylic acids is 4. The lowest BCUT2D eigenvalue weighted by atomic mass is 9.79. The number of benzene rings is 1. The summed E-state index contributed by atoms with van der Waals surface area (Å²) in [5.41, 5.74) is 1.31. The quantitative estimate of drug-likeness (QED) is 0.642. The fourth-order valence-corrected chi connectivity index (χ4v) is 5.08. The molecule has 4 amide bonds. The van der Waals surface area contributed by atoms with Crippen molar-refractivity contribution in [3.8, 4) is 6.07 Å². The lowest BCUT2D eigenvalue weighted by molar-refractivity contribution is -0.151. The molecule has 1 fully saturated rings. The van der Waals surface area contributed by atoms with Gasteiger partial charge in [0.2, 0.25) is 11.8 Å². The molecule has 9 nitrogen and oxygen atoms in total. The smallest absolute Gasteiger partial charge is 0.312 e. The van der Waals surface area contributed by atoms with Crippen molar-refractivity contribution in [2.75, 3.05) is 25.5 Å². The highest BCUT2D eigenvalue weighted by Gasteiger charge is 2.57. The molecule has 2 N–H and O–H groups in total. The zero-order valence-corrected chi connectivity index (χ0v) is 19.6. The molecule has 1 aromatic rings. The van der Waals surface area contributed by atoms with E-state index in [-0.39, 0.29) is 31.3 Å². The van der Waals surface area contributed by atoms with Crippen LogP contribution >= 0.6 is 0 Å². The summed E-state index contributed by atoms with van der Waals surface area (Å²) >= 11 is 0. The molecule has 3 aliphatic rings. The first-order valence-corrected chi connectivity index (χ1v) is 11.6. The summed E-state index contributed by atoms with van der Waals surface area (Å²) in [4.78, 5) is 54.9. The van der Waals surface area contributed by atoms with E-state index in [1.54, 1.807) is 0 Å². The second kappa shape index (κ2) is 8.93. The van der Waals surface area contributed by atoms with Crippen LogP contribution in [-0.2, 0) is 24.6 Å². The summed E-state index contributed by atoms with van der Waals surface area (Å²) < 4.78 is 0. The molecule has 0 saturated carbocycles. The second-order valence-electron chi connectivity index (χ2n) is 9.66. The van der Waals surface area contributed by atoms with Crippen LogP contribution < -0.4 is 10.6 Å². The molecule has 1 aromatic carbocycles. The summed E-state index contributed by atoms with van der Waals surface area (Å²) in [7, 11) is 1.44. The number of hydrogen-bond acceptors (Lipinski definition) is 5. The predicted octanol–water partition coefficient (Wildman–Crippen LogP) is 1.41. The Morgan fingerprint density at radius 3 is 2.71 bits per heavy atom. The molecule has 0 unspecified atom stereocenters. The maximum atomic E-state index is 13.8. The average molecular weight is 464 g/mol. The van der Waals surface area contributed by atoms with E-state index in [0.29, 0.717) is 18.5 Å². The highest BCUT2D eigenvalue weighted by molar-refractivity contribution is 6.35. The first-order valence-electron chi connectivity index (χ1n) is 11.6. The standard InChI is InChI=1S/C25H29N5O4/c1-15(2)10-20-22(32)30-14-25(12-17(30)13-26)18-11-16(7-8-19(18)28-24(25)34)6-4-5-9-27-21(31)23(33)29(20)3/h4,6-8,11,15,17,20H,5,9-10,12,14H2,1-3H3,(H,27,31)(H,28,34)/b6-4-/t17-,20-,25-/m0/s1. The van der Waals surface area contributed by atoms with Crippen LogP contribution in [-0.4, -0.2) is 65.6 Å². The lowest BCUT2D eigenvalue weighted by Crippen LogP contribution is -2.54. The molecule has 3 atom stereocenters. The van der Waals surface area contributed by atoms with Gasteiger partial charge in [-0.2, -0.15) is 5.26 Å². The SMILES string of the molecule is CC(C)C[C@H]1C(=O)N2C[C@]3(C[C@H]2C#N)C(=O)Nc2ccc(cc23)/C=C\CCNC(=O)C(=O)N1C. The Morgan fingerprint density at radius 1 is 1.24 bits per heavy atom. The maximum Gasteiger partial charge on any atom is 0.312 e. The minimum absolute atomic E-state index is 0.0406. The largest absolute Gasteiger partial charge is 0.348 e. The first kappa shape index (κ1) is 23.5. The Kier molecular flexibility index (Phi) is 6.17. The highest BCUT2D eigenvalue weighted by Crippen LogP contribution is 2.47. The van der Waals surface area contributed by atoms with Crippen molar-refractivity contribution in [3.63, 3.8) is 0 Å². The molecule has 3 aliphatic heterocycles. The molecule has 1 saturated heterocycles. The summed E-state index contributed by atoms with van der Waals surface area (Å²) in [6.07, 6.45) is 4.80. The number of amides is 4. The van der Waals surface area contributed by atoms with E-state index in [1.807, 2.05) is 44.2 Å². The molecule has 0 aliphatic carbocycles. The minimum atomic E-state index is -1.03. The van der Waals surface area contributed by atoms with Gasteiger partial charge in [-0.15, -0.1) is 0 Å². The van der Waals surface area contributed by atoms with Crippen LogP contribution in [0.3, 0.4) is 0 Å². The van der Waals surface area contributed by atoms with E-state index < -0.39 is 35.2 Å². The molecular formula is C25H29N5O4. The Hall–Kier alpha value is -3.67. The highest BCUT2D eigenvalue weighted by atomic mass is 16.2. The number of carbonyl (C=O) groups is 4. The van der Waals surface area contributed by atoms with E-state index in [0.717, 1.165) is 11.1 Å². The summed E-state index contributed by atoms with van der Waals surface area (Å²) in [6.45, 7) is 4.16. The number of anilines is 1. The van der Waals surface area contributed by atoms with Crippen LogP contribution in [0.25, 0.3) is 6.08 Å². The number of rotatable bonds is 2. The van der Waals surface area contributed by atoms with Gasteiger partial charge >= 0.3 is 11.8 Å². The van der Waals surface area contributed by atoms with Gasteiger partial charge in [-0.05, 0) is 42.0 Å². The van der Waals surface area contributed by atoms with Gasteiger partial charge in [0.25, 0.3) is 0 Å². The fourth-order valence-electron chi connectivity index (χ4n) is 5.08. The van der Waals surface area contributed by atoms with Crippen molar-refractivity contribution in [2.24, 2.45) is 5.92 Å². The number of nitrogens with zero attached hydrogens (tertiary/aromatic N) is 3. The lowest BCUT2D eigenvalue weighted by Gasteiger charge is -2.33. The van der Waals surface area contributed by atoms with Gasteiger partial charge in [-0.3, -0.25) is 19.2 Å². The second-order valence-corrected chi connectivity index (χ2v) is 9.66. The van der Waals surface area contributed by atoms with E-state index in [1.165, 1.54) is 16.8 Å². The van der Waals surface area contributed by atoms with Gasteiger partial charge in [0.15, 0.2) is 0 Å². The third kappa shape index (κ3) is 3.94. The van der Waals surface area contributed by atoms with Gasteiger partial charge in [-0.25, -0.2) is 0 Å². The molecule has 0 radical (unpaired) electrons. The van der Waals surface area contributed by atoms with Crippen molar-refractivity contribution in [3.05, 3.63) is 35.4 Å². The molecule has 3 heterocycles. The maximum absolute atomic E-state index is 13.8. The molecule has 34 heavy (non-hydrogen) atoms. The minimum Gasteiger partial charge on any atom is -0.348 e. The van der Waals surface area contributed by atoms with Crippen molar-refractivity contribution >= 4 is 35.4 Å². The van der Waals surface area contributed by atoms with E-state index in [4.69, 9.17) is 0 Å². The number of likely N-dealkylation sites (N-methyl/N-ethyl adjacent to an activating group) is 1. The summed E-state index contributed by atoms with van der Waals surface area (Å²) in [5.74, 6) is -2.18. The van der Waals surface area contributed by atoms with Gasteiger partial charge in [0.1, 0.15) is 12.1 Å². The number of nitriles is 1. The van der Waals surface area contributed by atoms with E-state index in [9.17, 15) is 24.4 Å². The van der Waals surface area contributed by atoms with Crippen LogP contribution in [0, 0.1) is 17.2 Å². The van der Waals surface area contributed by atoms with Crippen molar-refractivity contribution in [1.29, 1.82) is 5.26 Å². The van der Waals surface area contributed by atoms with Crippen LogP contribution in [0.15, 0.2) is 24.3 Å². The molecule has 1 spiro atoms. The van der Waals surface area contributed by atoms with Crippen molar-refractivity contribution in [2.45, 2.75) is 50.6 Å². The number of nitrogens with one attached hydrogen (secondary N) is 2. The monoisotopic (exact) mass is 463 g/mol. The van der Waals surface area contributed by atoms with Crippen LogP contribution in [0.2, 0.25) is 0 Å². The van der Waals surface area contributed by atoms with Gasteiger partial charge in [-0.1, -0.05) is 32.1 Å². The van der Waals surface area contributed by atoms with E-state index >= 15 is 0 Å². The molecule has 4 rings (SSSR count). The fraction of sp³-hybridized carbons (Fsp3) is 0.480. The molecule has 4 bridgehead atoms. The van der Waals surface area contributed by atoms with Crippen molar-refractivity contribution < 1.29 is 19.2 Å². The number of fused-ring (bicyclic) bond motifs is 2. The van der Waals surface area contributed by atoms with E-state index in [2.05, 4.69) is 16.7 Å². The Morgan fingerprint density at radius 2 is 2.00 bits per heavy atom. The van der Waals surface area contributed by atoms with Crippen LogP contribution in [0.5, 0.6) is 0 Å². The zero-order valence-electron chi connectivity index (χ0n) is 19.6. The topological polar surface area (TPSA) is 123 Å². The van der Waals surface area contributed by atoms with Gasteiger partial charge in [0, 0.05) is 32.2 Å². The predicted molar refractivity (Wildman–Crippen MR) is 125 cm³/mol. The molecule has 178 valence electrons. The molecule has 0 aromatic heterocycles. The Bertz CT molecular complexity index is 1120. The zero-order chi connectivity index (χ0) is 24.6. The number of hydrogen-bond donors (Lipinski definition) is 2. The average Bonchev–Trinajstić information content (AvgIpc) is 3.33. The molecular weight excluding hydrogens is 434 g/mol. The van der Waals surface area contributed by atoms with Crippen molar-refractivity contribution in [1.82, 2.24) is 15.1 Å². The third-order valence-electron chi connectivity index (χ3n) is 6.90. The van der Waals surface area contributed by atoms with Gasteiger partial charge < -0.3 is 20.4 Å². The summed E-state index contributed by atoms with van der Waals surface area (Å²) in [5, 5.41) is 15.4.